The lowest BCUT2D eigenvalue weighted by Gasteiger charge is -2.10. The first kappa shape index (κ1) is 14.2. The summed E-state index contributed by atoms with van der Waals surface area (Å²) in [6.45, 7) is 0. The standard InChI is InChI=1S/C11H7Cl2N3O4/c12-4-1-2-5(13)8(7(4)10(18)19)16-9(17)6-3-14-11(20)15-6/h1-3H,(H,16,17)(H,18,19)(H2,14,15,20). The monoisotopic (exact) mass is 315 g/mol. The molecule has 0 saturated carbocycles. The third-order valence-corrected chi connectivity index (χ3v) is 3.03. The van der Waals surface area contributed by atoms with Crippen LogP contribution in [-0.2, 0) is 0 Å². The summed E-state index contributed by atoms with van der Waals surface area (Å²) in [7, 11) is 0. The highest BCUT2D eigenvalue weighted by atomic mass is 35.5. The van der Waals surface area contributed by atoms with Crippen LogP contribution >= 0.6 is 23.2 Å². The van der Waals surface area contributed by atoms with Gasteiger partial charge in [0.25, 0.3) is 5.91 Å². The van der Waals surface area contributed by atoms with E-state index < -0.39 is 17.6 Å². The first-order valence-corrected chi connectivity index (χ1v) is 5.96. The van der Waals surface area contributed by atoms with E-state index in [1.54, 1.807) is 0 Å². The van der Waals surface area contributed by atoms with Gasteiger partial charge in [0.2, 0.25) is 0 Å². The molecule has 9 heteroatoms. The van der Waals surface area contributed by atoms with Crippen LogP contribution < -0.4 is 11.0 Å². The number of aromatic nitrogens is 2. The molecule has 0 aliphatic carbocycles. The number of amides is 1. The van der Waals surface area contributed by atoms with E-state index in [2.05, 4.69) is 15.3 Å². The van der Waals surface area contributed by atoms with E-state index in [-0.39, 0.29) is 27.0 Å². The van der Waals surface area contributed by atoms with E-state index in [1.807, 2.05) is 0 Å². The van der Waals surface area contributed by atoms with Crippen LogP contribution in [0.5, 0.6) is 0 Å². The Bertz CT molecular complexity index is 750. The normalized spacial score (nSPS) is 10.3. The van der Waals surface area contributed by atoms with Crippen molar-refractivity contribution in [3.05, 3.63) is 50.1 Å². The van der Waals surface area contributed by atoms with E-state index in [0.29, 0.717) is 0 Å². The minimum atomic E-state index is -1.34. The molecule has 1 aromatic carbocycles. The Kier molecular flexibility index (Phi) is 3.82. The van der Waals surface area contributed by atoms with E-state index in [1.165, 1.54) is 12.1 Å². The maximum atomic E-state index is 11.9. The second-order valence-electron chi connectivity index (χ2n) is 3.69. The van der Waals surface area contributed by atoms with Crippen molar-refractivity contribution in [2.75, 3.05) is 5.32 Å². The SMILES string of the molecule is O=C(Nc1c(Cl)ccc(Cl)c1C(=O)O)c1c[nH]c(=O)[nH]1. The molecule has 104 valence electrons. The predicted molar refractivity (Wildman–Crippen MR) is 72.8 cm³/mol. The molecule has 1 aromatic heterocycles. The number of imidazole rings is 1. The number of nitrogens with one attached hydrogen (secondary N) is 3. The minimum Gasteiger partial charge on any atom is -0.478 e. The number of halogens is 2. The summed E-state index contributed by atoms with van der Waals surface area (Å²) in [5.74, 6) is -2.06. The van der Waals surface area contributed by atoms with Gasteiger partial charge in [0.15, 0.2) is 0 Å². The average molecular weight is 316 g/mol. The molecule has 0 bridgehead atoms. The first-order valence-electron chi connectivity index (χ1n) is 5.20. The number of anilines is 1. The molecular formula is C11H7Cl2N3O4. The molecule has 0 saturated heterocycles. The number of hydrogen-bond acceptors (Lipinski definition) is 3. The zero-order chi connectivity index (χ0) is 14.9. The van der Waals surface area contributed by atoms with Crippen LogP contribution in [0.15, 0.2) is 23.1 Å². The molecule has 0 fully saturated rings. The van der Waals surface area contributed by atoms with Crippen LogP contribution in [0.2, 0.25) is 10.0 Å². The Labute approximate surface area is 121 Å². The molecule has 0 aliphatic rings. The van der Waals surface area contributed by atoms with Crippen molar-refractivity contribution < 1.29 is 14.7 Å². The average Bonchev–Trinajstić information content (AvgIpc) is 2.80. The Hall–Kier alpha value is -2.25. The van der Waals surface area contributed by atoms with Crippen molar-refractivity contribution in [3.63, 3.8) is 0 Å². The smallest absolute Gasteiger partial charge is 0.339 e. The molecule has 0 aliphatic heterocycles. The molecule has 0 unspecified atom stereocenters. The summed E-state index contributed by atoms with van der Waals surface area (Å²) in [4.78, 5) is 38.4. The Morgan fingerprint density at radius 1 is 1.20 bits per heavy atom. The molecule has 20 heavy (non-hydrogen) atoms. The van der Waals surface area contributed by atoms with Gasteiger partial charge >= 0.3 is 11.7 Å². The third-order valence-electron chi connectivity index (χ3n) is 2.40. The predicted octanol–water partition coefficient (Wildman–Crippen LogP) is 1.96. The van der Waals surface area contributed by atoms with E-state index >= 15 is 0 Å². The Morgan fingerprint density at radius 2 is 1.85 bits per heavy atom. The maximum absolute atomic E-state index is 11.9. The number of aromatic carboxylic acids is 1. The van der Waals surface area contributed by atoms with Crippen molar-refractivity contribution in [1.29, 1.82) is 0 Å². The largest absolute Gasteiger partial charge is 0.478 e. The zero-order valence-corrected chi connectivity index (χ0v) is 11.2. The molecule has 0 atom stereocenters. The van der Waals surface area contributed by atoms with Gasteiger partial charge in [-0.1, -0.05) is 23.2 Å². The number of hydrogen-bond donors (Lipinski definition) is 4. The van der Waals surface area contributed by atoms with Crippen LogP contribution in [0.4, 0.5) is 5.69 Å². The lowest BCUT2D eigenvalue weighted by Crippen LogP contribution is -2.17. The van der Waals surface area contributed by atoms with Crippen molar-refractivity contribution in [2.45, 2.75) is 0 Å². The van der Waals surface area contributed by atoms with E-state index in [9.17, 15) is 14.4 Å². The lowest BCUT2D eigenvalue weighted by molar-refractivity contribution is 0.0698. The highest BCUT2D eigenvalue weighted by Crippen LogP contribution is 2.32. The number of carbonyl (C=O) groups excluding carboxylic acids is 1. The van der Waals surface area contributed by atoms with Gasteiger partial charge in [-0.3, -0.25) is 4.79 Å². The van der Waals surface area contributed by atoms with Crippen molar-refractivity contribution >= 4 is 40.8 Å². The highest BCUT2D eigenvalue weighted by molar-refractivity contribution is 6.38. The van der Waals surface area contributed by atoms with Crippen molar-refractivity contribution in [2.24, 2.45) is 0 Å². The number of H-pyrrole nitrogens is 2. The number of carbonyl (C=O) groups is 2. The number of carboxylic acid groups (broad SMARTS) is 1. The van der Waals surface area contributed by atoms with Gasteiger partial charge < -0.3 is 20.4 Å². The number of aromatic amines is 2. The summed E-state index contributed by atoms with van der Waals surface area (Å²) in [6, 6.07) is 2.66. The summed E-state index contributed by atoms with van der Waals surface area (Å²) < 4.78 is 0. The molecule has 1 amide bonds. The van der Waals surface area contributed by atoms with Gasteiger partial charge in [-0.2, -0.15) is 0 Å². The fourth-order valence-electron chi connectivity index (χ4n) is 1.52. The zero-order valence-electron chi connectivity index (χ0n) is 9.66. The lowest BCUT2D eigenvalue weighted by atomic mass is 10.1. The van der Waals surface area contributed by atoms with Crippen molar-refractivity contribution in [1.82, 2.24) is 9.97 Å². The first-order chi connectivity index (χ1) is 9.40. The van der Waals surface area contributed by atoms with Gasteiger partial charge in [-0.25, -0.2) is 9.59 Å². The number of rotatable bonds is 3. The molecule has 0 radical (unpaired) electrons. The fraction of sp³-hybridized carbons (Fsp3) is 0. The topological polar surface area (TPSA) is 115 Å². The van der Waals surface area contributed by atoms with Crippen LogP contribution in [-0.4, -0.2) is 27.0 Å². The van der Waals surface area contributed by atoms with Crippen LogP contribution in [0.3, 0.4) is 0 Å². The molecule has 0 spiro atoms. The van der Waals surface area contributed by atoms with Gasteiger partial charge in [0.1, 0.15) is 11.3 Å². The molecule has 2 aromatic rings. The molecule has 2 rings (SSSR count). The van der Waals surface area contributed by atoms with E-state index in [4.69, 9.17) is 28.3 Å². The number of carboxylic acids is 1. The summed E-state index contributed by atoms with van der Waals surface area (Å²) in [6.07, 6.45) is 1.15. The van der Waals surface area contributed by atoms with Gasteiger partial charge in [-0.05, 0) is 12.1 Å². The Morgan fingerprint density at radius 3 is 2.40 bits per heavy atom. The molecule has 4 N–H and O–H groups in total. The van der Waals surface area contributed by atoms with Crippen LogP contribution in [0.1, 0.15) is 20.8 Å². The summed E-state index contributed by atoms with van der Waals surface area (Å²) in [5, 5.41) is 11.3. The molecule has 1 heterocycles. The minimum absolute atomic E-state index is 0.0121. The summed E-state index contributed by atoms with van der Waals surface area (Å²) in [5.41, 5.74) is -1.10. The Balaban J connectivity index is 2.43. The van der Waals surface area contributed by atoms with Gasteiger partial charge in [0, 0.05) is 6.20 Å². The van der Waals surface area contributed by atoms with Crippen LogP contribution in [0, 0.1) is 0 Å². The van der Waals surface area contributed by atoms with E-state index in [0.717, 1.165) is 6.20 Å². The molecular weight excluding hydrogens is 309 g/mol. The quantitative estimate of drug-likeness (QED) is 0.693. The fourth-order valence-corrected chi connectivity index (χ4v) is 1.96. The summed E-state index contributed by atoms with van der Waals surface area (Å²) >= 11 is 11.6. The highest BCUT2D eigenvalue weighted by Gasteiger charge is 2.20. The van der Waals surface area contributed by atoms with Gasteiger partial charge in [-0.15, -0.1) is 0 Å². The maximum Gasteiger partial charge on any atom is 0.339 e. The third kappa shape index (κ3) is 2.68. The molecule has 7 nitrogen and oxygen atoms in total. The second-order valence-corrected chi connectivity index (χ2v) is 4.51. The number of benzene rings is 1. The van der Waals surface area contributed by atoms with Gasteiger partial charge in [0.05, 0.1) is 15.7 Å². The second kappa shape index (κ2) is 5.40. The van der Waals surface area contributed by atoms with Crippen molar-refractivity contribution in [3.8, 4) is 0 Å². The van der Waals surface area contributed by atoms with Crippen LogP contribution in [0.25, 0.3) is 0 Å².